The van der Waals surface area contributed by atoms with Crippen molar-refractivity contribution in [1.29, 1.82) is 0 Å². The second kappa shape index (κ2) is 7.78. The summed E-state index contributed by atoms with van der Waals surface area (Å²) >= 11 is 5.98. The fourth-order valence-electron chi connectivity index (χ4n) is 2.62. The molecular formula is C16H23ClN2O2. The third-order valence-corrected chi connectivity index (χ3v) is 4.45. The first-order valence-electron chi connectivity index (χ1n) is 7.36. The maximum atomic E-state index is 10.7. The molecule has 5 heteroatoms. The topological polar surface area (TPSA) is 32.8 Å². The van der Waals surface area contributed by atoms with Gasteiger partial charge in [-0.05, 0) is 58.2 Å². The number of benzene rings is 1. The molecule has 0 unspecified atom stereocenters. The SMILES string of the molecule is CN1CCC(N(C)CCOc2ccc(C=O)c(Cl)c2)CC1. The van der Waals surface area contributed by atoms with Crippen LogP contribution in [-0.2, 0) is 0 Å². The Labute approximate surface area is 131 Å². The molecule has 1 fully saturated rings. The molecule has 1 aromatic carbocycles. The van der Waals surface area contributed by atoms with E-state index in [1.807, 2.05) is 0 Å². The van der Waals surface area contributed by atoms with E-state index in [4.69, 9.17) is 16.3 Å². The minimum atomic E-state index is 0.436. The van der Waals surface area contributed by atoms with Gasteiger partial charge in [-0.15, -0.1) is 0 Å². The monoisotopic (exact) mass is 310 g/mol. The summed E-state index contributed by atoms with van der Waals surface area (Å²) in [6, 6.07) is 5.81. The molecule has 0 amide bonds. The zero-order valence-electron chi connectivity index (χ0n) is 12.7. The highest BCUT2D eigenvalue weighted by atomic mass is 35.5. The Morgan fingerprint density at radius 3 is 2.76 bits per heavy atom. The van der Waals surface area contributed by atoms with E-state index in [0.29, 0.717) is 29.0 Å². The average Bonchev–Trinajstić information content (AvgIpc) is 2.48. The normalized spacial score (nSPS) is 17.1. The molecule has 2 rings (SSSR count). The second-order valence-corrected chi connectivity index (χ2v) is 6.07. The maximum absolute atomic E-state index is 10.7. The molecule has 21 heavy (non-hydrogen) atoms. The van der Waals surface area contributed by atoms with Crippen LogP contribution in [0.2, 0.25) is 5.02 Å². The van der Waals surface area contributed by atoms with Gasteiger partial charge < -0.3 is 9.64 Å². The Bertz CT molecular complexity index is 473. The van der Waals surface area contributed by atoms with E-state index in [-0.39, 0.29) is 0 Å². The van der Waals surface area contributed by atoms with Crippen LogP contribution in [0.1, 0.15) is 23.2 Å². The van der Waals surface area contributed by atoms with E-state index < -0.39 is 0 Å². The lowest BCUT2D eigenvalue weighted by molar-refractivity contribution is 0.112. The van der Waals surface area contributed by atoms with Gasteiger partial charge in [0, 0.05) is 18.2 Å². The predicted molar refractivity (Wildman–Crippen MR) is 85.5 cm³/mol. The molecule has 1 saturated heterocycles. The van der Waals surface area contributed by atoms with Crippen molar-refractivity contribution in [3.8, 4) is 5.75 Å². The summed E-state index contributed by atoms with van der Waals surface area (Å²) < 4.78 is 5.72. The molecule has 1 aliphatic heterocycles. The van der Waals surface area contributed by atoms with E-state index >= 15 is 0 Å². The van der Waals surface area contributed by atoms with Crippen LogP contribution in [0.3, 0.4) is 0 Å². The molecule has 0 saturated carbocycles. The first-order valence-corrected chi connectivity index (χ1v) is 7.74. The number of hydrogen-bond acceptors (Lipinski definition) is 4. The molecule has 0 N–H and O–H groups in total. The third-order valence-electron chi connectivity index (χ3n) is 4.12. The quantitative estimate of drug-likeness (QED) is 0.756. The highest BCUT2D eigenvalue weighted by molar-refractivity contribution is 6.33. The Hall–Kier alpha value is -1.10. The number of aldehydes is 1. The molecule has 4 nitrogen and oxygen atoms in total. The first-order chi connectivity index (χ1) is 10.1. The van der Waals surface area contributed by atoms with Gasteiger partial charge in [0.2, 0.25) is 0 Å². The number of hydrogen-bond donors (Lipinski definition) is 0. The van der Waals surface area contributed by atoms with E-state index in [2.05, 4.69) is 23.9 Å². The number of likely N-dealkylation sites (tertiary alicyclic amines) is 1. The maximum Gasteiger partial charge on any atom is 0.151 e. The number of rotatable bonds is 6. The van der Waals surface area contributed by atoms with Gasteiger partial charge in [0.25, 0.3) is 0 Å². The Morgan fingerprint density at radius 1 is 1.43 bits per heavy atom. The lowest BCUT2D eigenvalue weighted by atomic mass is 10.0. The Balaban J connectivity index is 1.76. The average molecular weight is 311 g/mol. The third kappa shape index (κ3) is 4.70. The lowest BCUT2D eigenvalue weighted by Gasteiger charge is -2.35. The van der Waals surface area contributed by atoms with E-state index in [0.717, 1.165) is 12.8 Å². The number of halogens is 1. The highest BCUT2D eigenvalue weighted by Crippen LogP contribution is 2.21. The van der Waals surface area contributed by atoms with Crippen molar-refractivity contribution in [2.24, 2.45) is 0 Å². The minimum absolute atomic E-state index is 0.436. The summed E-state index contributed by atoms with van der Waals surface area (Å²) in [6.07, 6.45) is 3.18. The van der Waals surface area contributed by atoms with Gasteiger partial charge in [-0.3, -0.25) is 9.69 Å². The lowest BCUT2D eigenvalue weighted by Crippen LogP contribution is -2.43. The van der Waals surface area contributed by atoms with E-state index in [1.165, 1.54) is 25.9 Å². The molecule has 1 heterocycles. The molecule has 0 aromatic heterocycles. The summed E-state index contributed by atoms with van der Waals surface area (Å²) in [7, 11) is 4.33. The predicted octanol–water partition coefficient (Wildman–Crippen LogP) is 2.56. The van der Waals surface area contributed by atoms with Crippen LogP contribution < -0.4 is 4.74 Å². The number of ether oxygens (including phenoxy) is 1. The van der Waals surface area contributed by atoms with Crippen molar-refractivity contribution < 1.29 is 9.53 Å². The van der Waals surface area contributed by atoms with Gasteiger partial charge in [-0.2, -0.15) is 0 Å². The smallest absolute Gasteiger partial charge is 0.151 e. The van der Waals surface area contributed by atoms with Gasteiger partial charge >= 0.3 is 0 Å². The molecule has 1 aliphatic rings. The van der Waals surface area contributed by atoms with Crippen LogP contribution in [0.5, 0.6) is 5.75 Å². The zero-order chi connectivity index (χ0) is 15.2. The minimum Gasteiger partial charge on any atom is -0.492 e. The standard InChI is InChI=1S/C16H23ClN2O2/c1-18-7-5-14(6-8-18)19(2)9-10-21-15-4-3-13(12-20)16(17)11-15/h3-4,11-12,14H,5-10H2,1-2H3. The van der Waals surface area contributed by atoms with Crippen LogP contribution in [-0.4, -0.2) is 62.5 Å². The van der Waals surface area contributed by atoms with Crippen molar-refractivity contribution in [3.05, 3.63) is 28.8 Å². The summed E-state index contributed by atoms with van der Waals surface area (Å²) in [4.78, 5) is 15.4. The number of likely N-dealkylation sites (N-methyl/N-ethyl adjacent to an activating group) is 1. The second-order valence-electron chi connectivity index (χ2n) is 5.66. The van der Waals surface area contributed by atoms with E-state index in [1.54, 1.807) is 18.2 Å². The summed E-state index contributed by atoms with van der Waals surface area (Å²) in [6.45, 7) is 3.85. The first kappa shape index (κ1) is 16.3. The molecule has 0 aliphatic carbocycles. The van der Waals surface area contributed by atoms with Crippen molar-refractivity contribution >= 4 is 17.9 Å². The van der Waals surface area contributed by atoms with E-state index in [9.17, 15) is 4.79 Å². The Kier molecular flexibility index (Phi) is 6.03. The van der Waals surface area contributed by atoms with Crippen molar-refractivity contribution in [2.45, 2.75) is 18.9 Å². The van der Waals surface area contributed by atoms with Gasteiger partial charge in [0.05, 0.1) is 5.02 Å². The molecule has 0 radical (unpaired) electrons. The van der Waals surface area contributed by atoms with Crippen molar-refractivity contribution in [2.75, 3.05) is 40.3 Å². The van der Waals surface area contributed by atoms with Crippen LogP contribution in [0, 0.1) is 0 Å². The fourth-order valence-corrected chi connectivity index (χ4v) is 2.83. The number of piperidine rings is 1. The van der Waals surface area contributed by atoms with Gasteiger partial charge in [-0.1, -0.05) is 11.6 Å². The van der Waals surface area contributed by atoms with Crippen molar-refractivity contribution in [3.63, 3.8) is 0 Å². The molecule has 1 aromatic rings. The van der Waals surface area contributed by atoms with Gasteiger partial charge in [0.1, 0.15) is 12.4 Å². The fraction of sp³-hybridized carbons (Fsp3) is 0.562. The van der Waals surface area contributed by atoms with Crippen LogP contribution >= 0.6 is 11.6 Å². The molecule has 116 valence electrons. The van der Waals surface area contributed by atoms with Gasteiger partial charge in [0.15, 0.2) is 6.29 Å². The summed E-state index contributed by atoms with van der Waals surface area (Å²) in [5.74, 6) is 0.711. The number of carbonyl (C=O) groups is 1. The van der Waals surface area contributed by atoms with Crippen molar-refractivity contribution in [1.82, 2.24) is 9.80 Å². The number of carbonyl (C=O) groups excluding carboxylic acids is 1. The number of nitrogens with zero attached hydrogens (tertiary/aromatic N) is 2. The molecule has 0 atom stereocenters. The Morgan fingerprint density at radius 2 is 2.14 bits per heavy atom. The zero-order valence-corrected chi connectivity index (χ0v) is 13.5. The highest BCUT2D eigenvalue weighted by Gasteiger charge is 2.20. The molecule has 0 spiro atoms. The summed E-state index contributed by atoms with van der Waals surface area (Å²) in [5, 5.41) is 0.436. The largest absolute Gasteiger partial charge is 0.492 e. The van der Waals surface area contributed by atoms with Crippen LogP contribution in [0.15, 0.2) is 18.2 Å². The van der Waals surface area contributed by atoms with Crippen LogP contribution in [0.4, 0.5) is 0 Å². The van der Waals surface area contributed by atoms with Gasteiger partial charge in [-0.25, -0.2) is 0 Å². The molecular weight excluding hydrogens is 288 g/mol. The van der Waals surface area contributed by atoms with Crippen LogP contribution in [0.25, 0.3) is 0 Å². The molecule has 0 bridgehead atoms. The summed E-state index contributed by atoms with van der Waals surface area (Å²) in [5.41, 5.74) is 0.493.